The number of aromatic nitrogens is 2. The summed E-state index contributed by atoms with van der Waals surface area (Å²) in [6.07, 6.45) is 0. The highest BCUT2D eigenvalue weighted by molar-refractivity contribution is 7.99. The zero-order chi connectivity index (χ0) is 14.8. The highest BCUT2D eigenvalue weighted by atomic mass is 35.5. The number of fused-ring (bicyclic) bond motifs is 1. The van der Waals surface area contributed by atoms with E-state index in [0.29, 0.717) is 10.3 Å². The Kier molecular flexibility index (Phi) is 4.10. The molecule has 4 nitrogen and oxygen atoms in total. The molecule has 0 saturated carbocycles. The predicted molar refractivity (Wildman–Crippen MR) is 86.2 cm³/mol. The molecule has 1 aromatic carbocycles. The van der Waals surface area contributed by atoms with Gasteiger partial charge in [-0.15, -0.1) is 11.3 Å². The molecule has 21 heavy (non-hydrogen) atoms. The number of carboxylic acid groups (broad SMARTS) is 1. The van der Waals surface area contributed by atoms with Crippen molar-refractivity contribution in [1.29, 1.82) is 0 Å². The van der Waals surface area contributed by atoms with Crippen LogP contribution in [0.15, 0.2) is 40.9 Å². The minimum absolute atomic E-state index is 0.0846. The number of hydrogen-bond donors (Lipinski definition) is 1. The van der Waals surface area contributed by atoms with Gasteiger partial charge in [-0.2, -0.15) is 0 Å². The van der Waals surface area contributed by atoms with Gasteiger partial charge in [0.1, 0.15) is 9.98 Å². The average molecular weight is 337 g/mol. The number of carbonyl (C=O) groups is 1. The Morgan fingerprint density at radius 2 is 2.05 bits per heavy atom. The standard InChI is InChI=1S/C14H9ClN2O2S2/c15-12-11-9(8-4-2-1-3-5-8)6-20-13(11)17-14(16-12)21-7-10(18)19/h1-6H,7H2,(H,18,19). The maximum absolute atomic E-state index is 10.6. The Labute approximate surface area is 133 Å². The molecule has 1 N–H and O–H groups in total. The number of aliphatic carboxylic acids is 1. The van der Waals surface area contributed by atoms with Gasteiger partial charge in [-0.25, -0.2) is 9.97 Å². The van der Waals surface area contributed by atoms with Crippen LogP contribution in [0.4, 0.5) is 0 Å². The molecule has 0 aliphatic rings. The molecule has 0 atom stereocenters. The Bertz CT molecular complexity index is 805. The fraction of sp³-hybridized carbons (Fsp3) is 0.0714. The van der Waals surface area contributed by atoms with Crippen molar-refractivity contribution in [1.82, 2.24) is 9.97 Å². The summed E-state index contributed by atoms with van der Waals surface area (Å²) in [6.45, 7) is 0. The molecular formula is C14H9ClN2O2S2. The lowest BCUT2D eigenvalue weighted by atomic mass is 10.1. The molecule has 0 aliphatic carbocycles. The van der Waals surface area contributed by atoms with Crippen LogP contribution in [-0.2, 0) is 4.79 Å². The Balaban J connectivity index is 2.05. The lowest BCUT2D eigenvalue weighted by Gasteiger charge is -2.02. The molecule has 0 amide bonds. The average Bonchev–Trinajstić information content (AvgIpc) is 2.90. The van der Waals surface area contributed by atoms with Crippen molar-refractivity contribution >= 4 is 50.9 Å². The van der Waals surface area contributed by atoms with Crippen LogP contribution in [-0.4, -0.2) is 26.8 Å². The monoisotopic (exact) mass is 336 g/mol. The molecule has 0 bridgehead atoms. The van der Waals surface area contributed by atoms with E-state index in [0.717, 1.165) is 33.1 Å². The largest absolute Gasteiger partial charge is 0.481 e. The number of carboxylic acids is 1. The zero-order valence-corrected chi connectivity index (χ0v) is 13.0. The number of halogens is 1. The first-order chi connectivity index (χ1) is 10.1. The summed E-state index contributed by atoms with van der Waals surface area (Å²) in [5, 5.41) is 12.2. The quantitative estimate of drug-likeness (QED) is 0.439. The summed E-state index contributed by atoms with van der Waals surface area (Å²) in [5.41, 5.74) is 2.05. The maximum Gasteiger partial charge on any atom is 0.313 e. The van der Waals surface area contributed by atoms with E-state index in [1.54, 1.807) is 0 Å². The van der Waals surface area contributed by atoms with Crippen LogP contribution < -0.4 is 0 Å². The number of benzene rings is 1. The molecule has 2 aromatic heterocycles. The van der Waals surface area contributed by atoms with Crippen molar-refractivity contribution in [3.63, 3.8) is 0 Å². The van der Waals surface area contributed by atoms with Crippen LogP contribution in [0.2, 0.25) is 5.15 Å². The molecule has 0 aliphatic heterocycles. The molecule has 3 aromatic rings. The second-order valence-electron chi connectivity index (χ2n) is 4.17. The van der Waals surface area contributed by atoms with Gasteiger partial charge in [-0.1, -0.05) is 53.7 Å². The van der Waals surface area contributed by atoms with E-state index in [1.807, 2.05) is 35.7 Å². The van der Waals surface area contributed by atoms with Crippen LogP contribution in [0.1, 0.15) is 0 Å². The molecule has 0 radical (unpaired) electrons. The lowest BCUT2D eigenvalue weighted by molar-refractivity contribution is -0.133. The summed E-state index contributed by atoms with van der Waals surface area (Å²) >= 11 is 8.81. The fourth-order valence-corrected chi connectivity index (χ4v) is 3.85. The molecular weight excluding hydrogens is 328 g/mol. The highest BCUT2D eigenvalue weighted by Crippen LogP contribution is 2.37. The first-order valence-corrected chi connectivity index (χ1v) is 8.24. The van der Waals surface area contributed by atoms with Gasteiger partial charge < -0.3 is 5.11 Å². The van der Waals surface area contributed by atoms with Crippen LogP contribution in [0.25, 0.3) is 21.3 Å². The predicted octanol–water partition coefficient (Wildman–Crippen LogP) is 4.19. The number of rotatable bonds is 4. The fourth-order valence-electron chi connectivity index (χ4n) is 1.90. The third kappa shape index (κ3) is 3.02. The van der Waals surface area contributed by atoms with Gasteiger partial charge in [0, 0.05) is 10.9 Å². The SMILES string of the molecule is O=C(O)CSc1nc(Cl)c2c(-c3ccccc3)csc2n1. The number of hydrogen-bond acceptors (Lipinski definition) is 5. The van der Waals surface area contributed by atoms with Gasteiger partial charge in [0.25, 0.3) is 0 Å². The number of thiophene rings is 1. The molecule has 2 heterocycles. The van der Waals surface area contributed by atoms with E-state index >= 15 is 0 Å². The summed E-state index contributed by atoms with van der Waals surface area (Å²) < 4.78 is 0. The van der Waals surface area contributed by atoms with E-state index in [1.165, 1.54) is 11.3 Å². The molecule has 7 heteroatoms. The first-order valence-electron chi connectivity index (χ1n) is 6.00. The van der Waals surface area contributed by atoms with Gasteiger partial charge in [0.15, 0.2) is 5.16 Å². The molecule has 106 valence electrons. The second kappa shape index (κ2) is 6.01. The maximum atomic E-state index is 10.6. The highest BCUT2D eigenvalue weighted by Gasteiger charge is 2.14. The van der Waals surface area contributed by atoms with Crippen molar-refractivity contribution < 1.29 is 9.90 Å². The summed E-state index contributed by atoms with van der Waals surface area (Å²) in [4.78, 5) is 19.9. The normalized spacial score (nSPS) is 10.9. The van der Waals surface area contributed by atoms with E-state index in [9.17, 15) is 4.79 Å². The van der Waals surface area contributed by atoms with Gasteiger partial charge in [-0.3, -0.25) is 4.79 Å². The third-order valence-electron chi connectivity index (χ3n) is 2.78. The summed E-state index contributed by atoms with van der Waals surface area (Å²) in [5.74, 6) is -0.991. The molecule has 3 rings (SSSR count). The molecule has 0 saturated heterocycles. The van der Waals surface area contributed by atoms with Crippen molar-refractivity contribution in [2.45, 2.75) is 5.16 Å². The van der Waals surface area contributed by atoms with Gasteiger partial charge >= 0.3 is 5.97 Å². The van der Waals surface area contributed by atoms with Crippen molar-refractivity contribution in [3.05, 3.63) is 40.9 Å². The Morgan fingerprint density at radius 3 is 2.76 bits per heavy atom. The number of nitrogens with zero attached hydrogens (tertiary/aromatic N) is 2. The minimum atomic E-state index is -0.907. The van der Waals surface area contributed by atoms with Crippen LogP contribution in [0, 0.1) is 0 Å². The van der Waals surface area contributed by atoms with Gasteiger partial charge in [-0.05, 0) is 5.56 Å². The summed E-state index contributed by atoms with van der Waals surface area (Å²) in [7, 11) is 0. The first kappa shape index (κ1) is 14.3. The smallest absolute Gasteiger partial charge is 0.313 e. The molecule has 0 fully saturated rings. The number of thioether (sulfide) groups is 1. The topological polar surface area (TPSA) is 63.1 Å². The Hall–Kier alpha value is -1.63. The van der Waals surface area contributed by atoms with Crippen LogP contribution in [0.3, 0.4) is 0 Å². The van der Waals surface area contributed by atoms with Crippen LogP contribution in [0.5, 0.6) is 0 Å². The lowest BCUT2D eigenvalue weighted by Crippen LogP contribution is -1.99. The third-order valence-corrected chi connectivity index (χ3v) is 4.76. The van der Waals surface area contributed by atoms with E-state index in [4.69, 9.17) is 16.7 Å². The second-order valence-corrected chi connectivity index (χ2v) is 6.33. The van der Waals surface area contributed by atoms with E-state index in [-0.39, 0.29) is 5.75 Å². The molecule has 0 spiro atoms. The van der Waals surface area contributed by atoms with Gasteiger partial charge in [0.05, 0.1) is 11.1 Å². The zero-order valence-electron chi connectivity index (χ0n) is 10.6. The van der Waals surface area contributed by atoms with E-state index < -0.39 is 5.97 Å². The van der Waals surface area contributed by atoms with Crippen LogP contribution >= 0.6 is 34.7 Å². The minimum Gasteiger partial charge on any atom is -0.481 e. The molecule has 0 unspecified atom stereocenters. The van der Waals surface area contributed by atoms with Crippen molar-refractivity contribution in [2.75, 3.05) is 5.75 Å². The van der Waals surface area contributed by atoms with Crippen molar-refractivity contribution in [3.8, 4) is 11.1 Å². The van der Waals surface area contributed by atoms with Gasteiger partial charge in [0.2, 0.25) is 0 Å². The van der Waals surface area contributed by atoms with Crippen molar-refractivity contribution in [2.24, 2.45) is 0 Å². The van der Waals surface area contributed by atoms with E-state index in [2.05, 4.69) is 9.97 Å². The Morgan fingerprint density at radius 1 is 1.29 bits per heavy atom. The summed E-state index contributed by atoms with van der Waals surface area (Å²) in [6, 6.07) is 9.89.